The number of rotatable bonds is 2. The molecule has 0 rings (SSSR count). The van der Waals surface area contributed by atoms with Crippen LogP contribution in [0, 0.1) is 6.57 Å². The van der Waals surface area contributed by atoms with E-state index in [1.54, 1.807) is 6.92 Å². The van der Waals surface area contributed by atoms with Crippen molar-refractivity contribution in [2.75, 3.05) is 6.61 Å². The smallest absolute Gasteiger partial charge is 0.270 e. The van der Waals surface area contributed by atoms with Crippen LogP contribution in [0.5, 0.6) is 0 Å². The summed E-state index contributed by atoms with van der Waals surface area (Å²) in [4.78, 5) is 2.77. The lowest BCUT2D eigenvalue weighted by atomic mass is 10.8. The molecule has 3 nitrogen and oxygen atoms in total. The lowest BCUT2D eigenvalue weighted by Crippen LogP contribution is -1.87. The second kappa shape index (κ2) is 4.00. The van der Waals surface area contributed by atoms with Crippen LogP contribution in [0.1, 0.15) is 6.92 Å². The van der Waals surface area contributed by atoms with E-state index < -0.39 is 0 Å². The number of aliphatic hydroxyl groups excluding tert-OH is 1. The minimum absolute atomic E-state index is 0.317. The van der Waals surface area contributed by atoms with Crippen molar-refractivity contribution in [1.29, 1.82) is 0 Å². The van der Waals surface area contributed by atoms with E-state index in [2.05, 4.69) is 9.58 Å². The molecule has 0 unspecified atom stereocenters. The molecule has 0 spiro atoms. The normalized spacial score (nSPS) is 10.2. The molecule has 8 heavy (non-hydrogen) atoms. The first-order valence-electron chi connectivity index (χ1n) is 2.19. The van der Waals surface area contributed by atoms with Crippen LogP contribution in [0.4, 0.5) is 0 Å². The van der Waals surface area contributed by atoms with Crippen molar-refractivity contribution in [2.45, 2.75) is 6.92 Å². The molecule has 0 radical (unpaired) electrons. The van der Waals surface area contributed by atoms with Gasteiger partial charge >= 0.3 is 0 Å². The van der Waals surface area contributed by atoms with E-state index in [9.17, 15) is 0 Å². The van der Waals surface area contributed by atoms with E-state index in [0.717, 1.165) is 6.20 Å². The van der Waals surface area contributed by atoms with Crippen LogP contribution in [-0.2, 0) is 4.74 Å². The third-order valence-corrected chi connectivity index (χ3v) is 0.467. The van der Waals surface area contributed by atoms with Crippen molar-refractivity contribution in [3.63, 3.8) is 0 Å². The molecular formula is C5H7NO2. The van der Waals surface area contributed by atoms with Crippen molar-refractivity contribution in [3.8, 4) is 0 Å². The Morgan fingerprint density at radius 1 is 2.00 bits per heavy atom. The van der Waals surface area contributed by atoms with Crippen molar-refractivity contribution in [2.24, 2.45) is 0 Å². The molecule has 0 aliphatic rings. The number of ether oxygens (including phenoxy) is 1. The Balaban J connectivity index is 3.49. The number of hydrogen-bond donors (Lipinski definition) is 1. The zero-order chi connectivity index (χ0) is 6.41. The van der Waals surface area contributed by atoms with Crippen LogP contribution >= 0.6 is 0 Å². The lowest BCUT2D eigenvalue weighted by Gasteiger charge is -1.95. The van der Waals surface area contributed by atoms with Gasteiger partial charge in [-0.2, -0.15) is 0 Å². The quantitative estimate of drug-likeness (QED) is 0.432. The van der Waals surface area contributed by atoms with Gasteiger partial charge in [0.1, 0.15) is 0 Å². The Bertz CT molecular complexity index is 123. The molecule has 0 fully saturated rings. The number of nitrogens with zero attached hydrogens (tertiary/aromatic N) is 1. The zero-order valence-electron chi connectivity index (χ0n) is 4.59. The summed E-state index contributed by atoms with van der Waals surface area (Å²) in [6.07, 6.45) is 0.920. The van der Waals surface area contributed by atoms with Gasteiger partial charge in [-0.1, -0.05) is 0 Å². The van der Waals surface area contributed by atoms with Gasteiger partial charge in [0.05, 0.1) is 13.2 Å². The largest absolute Gasteiger partial charge is 0.490 e. The molecule has 0 aromatic heterocycles. The summed E-state index contributed by atoms with van der Waals surface area (Å²) in [7, 11) is 0. The van der Waals surface area contributed by atoms with E-state index >= 15 is 0 Å². The monoisotopic (exact) mass is 113 g/mol. The third kappa shape index (κ3) is 3.04. The maximum Gasteiger partial charge on any atom is 0.270 e. The molecule has 0 aromatic carbocycles. The highest BCUT2D eigenvalue weighted by Crippen LogP contribution is 1.89. The van der Waals surface area contributed by atoms with Gasteiger partial charge in [0.2, 0.25) is 6.20 Å². The summed E-state index contributed by atoms with van der Waals surface area (Å²) in [5.41, 5.74) is 0. The van der Waals surface area contributed by atoms with Gasteiger partial charge in [0.15, 0.2) is 0 Å². The standard InChI is InChI=1S/C5H7NO2/c1-3-8-5(7)4-6-2/h4,7H,3H2,1H3/b5-4-. The van der Waals surface area contributed by atoms with Crippen LogP contribution in [0.15, 0.2) is 12.1 Å². The van der Waals surface area contributed by atoms with Crippen LogP contribution in [0.25, 0.3) is 4.85 Å². The maximum absolute atomic E-state index is 8.47. The predicted octanol–water partition coefficient (Wildman–Crippen LogP) is 1.30. The fourth-order valence-corrected chi connectivity index (χ4v) is 0.240. The maximum atomic E-state index is 8.47. The van der Waals surface area contributed by atoms with E-state index in [1.807, 2.05) is 0 Å². The Morgan fingerprint density at radius 2 is 2.62 bits per heavy atom. The molecule has 0 saturated carbocycles. The lowest BCUT2D eigenvalue weighted by molar-refractivity contribution is 0.102. The van der Waals surface area contributed by atoms with Crippen LogP contribution in [0.2, 0.25) is 0 Å². The highest BCUT2D eigenvalue weighted by atomic mass is 16.6. The molecular weight excluding hydrogens is 106 g/mol. The first-order valence-corrected chi connectivity index (χ1v) is 2.19. The van der Waals surface area contributed by atoms with E-state index in [4.69, 9.17) is 11.7 Å². The Kier molecular flexibility index (Phi) is 3.42. The summed E-state index contributed by atoms with van der Waals surface area (Å²) in [6, 6.07) is 0. The molecule has 0 aromatic rings. The van der Waals surface area contributed by atoms with Crippen molar-refractivity contribution < 1.29 is 9.84 Å². The first-order chi connectivity index (χ1) is 3.81. The number of hydrogen-bond acceptors (Lipinski definition) is 2. The summed E-state index contributed by atoms with van der Waals surface area (Å²) < 4.78 is 4.49. The molecule has 0 amide bonds. The van der Waals surface area contributed by atoms with Gasteiger partial charge in [-0.15, -0.1) is 0 Å². The average molecular weight is 113 g/mol. The molecule has 44 valence electrons. The van der Waals surface area contributed by atoms with Crippen molar-refractivity contribution in [3.05, 3.63) is 23.6 Å². The summed E-state index contributed by atoms with van der Waals surface area (Å²) >= 11 is 0. The molecule has 0 heterocycles. The summed E-state index contributed by atoms with van der Waals surface area (Å²) in [6.45, 7) is 8.34. The van der Waals surface area contributed by atoms with Crippen LogP contribution in [-0.4, -0.2) is 11.7 Å². The van der Waals surface area contributed by atoms with E-state index in [1.165, 1.54) is 0 Å². The highest BCUT2D eigenvalue weighted by Gasteiger charge is 1.84. The van der Waals surface area contributed by atoms with E-state index in [-0.39, 0.29) is 5.95 Å². The SMILES string of the molecule is [C-]#[N+]/C=C(/O)OCC. The Morgan fingerprint density at radius 3 is 3.00 bits per heavy atom. The van der Waals surface area contributed by atoms with Crippen LogP contribution < -0.4 is 0 Å². The van der Waals surface area contributed by atoms with Crippen LogP contribution in [0.3, 0.4) is 0 Å². The minimum atomic E-state index is -0.317. The number of aliphatic hydroxyl groups is 1. The first kappa shape index (κ1) is 6.83. The molecule has 0 aliphatic carbocycles. The predicted molar refractivity (Wildman–Crippen MR) is 28.9 cm³/mol. The zero-order valence-corrected chi connectivity index (χ0v) is 4.59. The van der Waals surface area contributed by atoms with Crippen molar-refractivity contribution in [1.82, 2.24) is 0 Å². The highest BCUT2D eigenvalue weighted by molar-refractivity contribution is 4.89. The molecule has 0 atom stereocenters. The average Bonchev–Trinajstić information content (AvgIpc) is 1.68. The third-order valence-electron chi connectivity index (χ3n) is 0.467. The van der Waals surface area contributed by atoms with Gasteiger partial charge in [-0.25, -0.2) is 4.85 Å². The molecule has 0 saturated heterocycles. The van der Waals surface area contributed by atoms with Gasteiger partial charge in [-0.3, -0.25) is 0 Å². The Labute approximate surface area is 48.0 Å². The second-order valence-corrected chi connectivity index (χ2v) is 1.03. The summed E-state index contributed by atoms with van der Waals surface area (Å²) in [5, 5.41) is 8.47. The topological polar surface area (TPSA) is 33.8 Å². The van der Waals surface area contributed by atoms with Gasteiger partial charge in [-0.05, 0) is 6.92 Å². The molecule has 1 N–H and O–H groups in total. The molecule has 3 heteroatoms. The Hall–Kier alpha value is -1.17. The molecule has 0 bridgehead atoms. The minimum Gasteiger partial charge on any atom is -0.490 e. The van der Waals surface area contributed by atoms with E-state index in [0.29, 0.717) is 6.61 Å². The summed E-state index contributed by atoms with van der Waals surface area (Å²) in [5.74, 6) is -0.317. The van der Waals surface area contributed by atoms with Gasteiger partial charge in [0.25, 0.3) is 5.95 Å². The van der Waals surface area contributed by atoms with Gasteiger partial charge < -0.3 is 9.84 Å². The second-order valence-electron chi connectivity index (χ2n) is 1.03. The van der Waals surface area contributed by atoms with Gasteiger partial charge in [0, 0.05) is 0 Å². The fraction of sp³-hybridized carbons (Fsp3) is 0.400. The van der Waals surface area contributed by atoms with Crippen molar-refractivity contribution >= 4 is 0 Å². The molecule has 0 aliphatic heterocycles. The fourth-order valence-electron chi connectivity index (χ4n) is 0.240.